The summed E-state index contributed by atoms with van der Waals surface area (Å²) >= 11 is 0. The lowest BCUT2D eigenvalue weighted by molar-refractivity contribution is -0.163. The fraction of sp³-hybridized carbons (Fsp3) is 0.444. The van der Waals surface area contributed by atoms with Crippen LogP contribution >= 0.6 is 0 Å². The molecule has 0 aliphatic carbocycles. The summed E-state index contributed by atoms with van der Waals surface area (Å²) in [6.45, 7) is 5.38. The number of hydrogen-bond donors (Lipinski definition) is 2. The molecule has 30 heavy (non-hydrogen) atoms. The zero-order valence-corrected chi connectivity index (χ0v) is 18.1. The van der Waals surface area contributed by atoms with Gasteiger partial charge in [0.1, 0.15) is 17.9 Å². The Balaban J connectivity index is 2.55. The van der Waals surface area contributed by atoms with Gasteiger partial charge < -0.3 is 10.5 Å². The van der Waals surface area contributed by atoms with Gasteiger partial charge in [0, 0.05) is 11.8 Å². The third-order valence-corrected chi connectivity index (χ3v) is 5.31. The lowest BCUT2D eigenvalue weighted by atomic mass is 9.90. The quantitative estimate of drug-likeness (QED) is 0.498. The second kappa shape index (κ2) is 7.69. The number of sulfone groups is 1. The topological polar surface area (TPSA) is 160 Å². The van der Waals surface area contributed by atoms with Crippen molar-refractivity contribution in [1.82, 2.24) is 10.1 Å². The van der Waals surface area contributed by atoms with Gasteiger partial charge in [-0.3, -0.25) is 14.8 Å². The van der Waals surface area contributed by atoms with Crippen LogP contribution in [-0.2, 0) is 24.2 Å². The molecule has 1 aliphatic rings. The SMILES string of the molecule is CC(C)(C)OC(=O)N(O)C1(C)C(=O)N(CC(N)=O)N=C1c1ccc(S(C)(=O)=O)cc1. The Labute approximate surface area is 174 Å². The van der Waals surface area contributed by atoms with Crippen molar-refractivity contribution in [3.63, 3.8) is 0 Å². The molecule has 1 atom stereocenters. The van der Waals surface area contributed by atoms with E-state index in [9.17, 15) is 28.0 Å². The van der Waals surface area contributed by atoms with Crippen LogP contribution in [0.25, 0.3) is 0 Å². The van der Waals surface area contributed by atoms with Crippen molar-refractivity contribution in [2.24, 2.45) is 10.8 Å². The summed E-state index contributed by atoms with van der Waals surface area (Å²) in [4.78, 5) is 36.8. The van der Waals surface area contributed by atoms with Crippen molar-refractivity contribution in [1.29, 1.82) is 0 Å². The van der Waals surface area contributed by atoms with Crippen LogP contribution in [0, 0.1) is 0 Å². The number of hydroxylamine groups is 2. The van der Waals surface area contributed by atoms with Gasteiger partial charge in [-0.05, 0) is 39.8 Å². The predicted molar refractivity (Wildman–Crippen MR) is 105 cm³/mol. The third-order valence-electron chi connectivity index (χ3n) is 4.18. The molecule has 0 saturated heterocycles. The Hall–Kier alpha value is -2.99. The molecule has 1 aromatic carbocycles. The summed E-state index contributed by atoms with van der Waals surface area (Å²) in [6.07, 6.45) is -0.172. The first-order chi connectivity index (χ1) is 13.6. The van der Waals surface area contributed by atoms with Crippen molar-refractivity contribution in [2.75, 3.05) is 12.8 Å². The minimum atomic E-state index is -3.47. The number of nitrogens with zero attached hydrogens (tertiary/aromatic N) is 3. The number of carbonyl (C=O) groups excluding carboxylic acids is 3. The van der Waals surface area contributed by atoms with Crippen molar-refractivity contribution < 1.29 is 32.7 Å². The average molecular weight is 440 g/mol. The number of hydrazone groups is 1. The maximum atomic E-state index is 13.0. The van der Waals surface area contributed by atoms with E-state index >= 15 is 0 Å². The molecule has 0 radical (unpaired) electrons. The van der Waals surface area contributed by atoms with Crippen molar-refractivity contribution in [3.8, 4) is 0 Å². The van der Waals surface area contributed by atoms with E-state index in [2.05, 4.69) is 5.10 Å². The molecule has 164 valence electrons. The van der Waals surface area contributed by atoms with E-state index in [4.69, 9.17) is 10.5 Å². The van der Waals surface area contributed by atoms with E-state index in [1.807, 2.05) is 0 Å². The highest BCUT2D eigenvalue weighted by atomic mass is 32.2. The summed E-state index contributed by atoms with van der Waals surface area (Å²) < 4.78 is 28.5. The van der Waals surface area contributed by atoms with E-state index in [0.29, 0.717) is 0 Å². The molecule has 1 aromatic rings. The molecule has 1 heterocycles. The van der Waals surface area contributed by atoms with Gasteiger partial charge in [0.05, 0.1) is 4.90 Å². The summed E-state index contributed by atoms with van der Waals surface area (Å²) in [5.41, 5.74) is 2.29. The molecule has 12 heteroatoms. The lowest BCUT2D eigenvalue weighted by Crippen LogP contribution is -2.59. The first-order valence-electron chi connectivity index (χ1n) is 8.79. The molecule has 11 nitrogen and oxygen atoms in total. The Kier molecular flexibility index (Phi) is 5.97. The molecule has 0 bridgehead atoms. The molecular weight excluding hydrogens is 416 g/mol. The molecule has 0 saturated carbocycles. The fourth-order valence-electron chi connectivity index (χ4n) is 2.75. The smallest absolute Gasteiger partial charge is 0.435 e. The molecule has 0 spiro atoms. The molecular formula is C18H24N4O7S. The zero-order valence-electron chi connectivity index (χ0n) is 17.2. The van der Waals surface area contributed by atoms with E-state index in [1.54, 1.807) is 20.8 Å². The van der Waals surface area contributed by atoms with Gasteiger partial charge >= 0.3 is 6.09 Å². The van der Waals surface area contributed by atoms with Crippen LogP contribution in [0.5, 0.6) is 0 Å². The van der Waals surface area contributed by atoms with Crippen LogP contribution in [0.15, 0.2) is 34.3 Å². The standard InChI is InChI=1S/C18H24N4O7S/c1-17(2,3)29-16(25)22(26)18(4)14(20-21(15(18)24)10-13(19)23)11-6-8-12(9-7-11)30(5,27)28/h6-9,26H,10H2,1-5H3,(H2,19,23). The summed E-state index contributed by atoms with van der Waals surface area (Å²) in [5.74, 6) is -1.75. The summed E-state index contributed by atoms with van der Waals surface area (Å²) in [6, 6.07) is 5.34. The van der Waals surface area contributed by atoms with Crippen LogP contribution in [0.4, 0.5) is 4.79 Å². The zero-order chi connectivity index (χ0) is 23.1. The first kappa shape index (κ1) is 23.3. The van der Waals surface area contributed by atoms with Crippen LogP contribution in [-0.4, -0.2) is 71.3 Å². The van der Waals surface area contributed by atoms with Crippen molar-refractivity contribution >= 4 is 33.5 Å². The number of benzene rings is 1. The Morgan fingerprint density at radius 2 is 1.80 bits per heavy atom. The highest BCUT2D eigenvalue weighted by molar-refractivity contribution is 7.90. The summed E-state index contributed by atoms with van der Waals surface area (Å²) in [5, 5.41) is 15.5. The fourth-order valence-corrected chi connectivity index (χ4v) is 3.38. The van der Waals surface area contributed by atoms with Crippen LogP contribution in [0.2, 0.25) is 0 Å². The number of ether oxygens (including phenoxy) is 1. The van der Waals surface area contributed by atoms with Crippen LogP contribution in [0.1, 0.15) is 33.3 Å². The average Bonchev–Trinajstić information content (AvgIpc) is 2.84. The van der Waals surface area contributed by atoms with Gasteiger partial charge in [-0.1, -0.05) is 12.1 Å². The van der Waals surface area contributed by atoms with Gasteiger partial charge in [-0.25, -0.2) is 18.2 Å². The van der Waals surface area contributed by atoms with Gasteiger partial charge in [0.25, 0.3) is 5.91 Å². The minimum absolute atomic E-state index is 0.0277. The number of carbonyl (C=O) groups is 3. The second-order valence-corrected chi connectivity index (χ2v) is 9.95. The Morgan fingerprint density at radius 3 is 2.23 bits per heavy atom. The largest absolute Gasteiger partial charge is 0.442 e. The van der Waals surface area contributed by atoms with Crippen molar-refractivity contribution in [2.45, 2.75) is 43.7 Å². The van der Waals surface area contributed by atoms with Crippen LogP contribution < -0.4 is 5.73 Å². The van der Waals surface area contributed by atoms with E-state index in [-0.39, 0.29) is 21.2 Å². The Bertz CT molecular complexity index is 1010. The first-order valence-corrected chi connectivity index (χ1v) is 10.7. The number of amides is 3. The van der Waals surface area contributed by atoms with Gasteiger partial charge in [0.15, 0.2) is 15.4 Å². The van der Waals surface area contributed by atoms with E-state index in [1.165, 1.54) is 31.2 Å². The molecule has 0 aromatic heterocycles. The monoisotopic (exact) mass is 440 g/mol. The summed E-state index contributed by atoms with van der Waals surface area (Å²) in [7, 11) is -3.47. The minimum Gasteiger partial charge on any atom is -0.442 e. The second-order valence-electron chi connectivity index (χ2n) is 7.94. The number of rotatable bonds is 5. The molecule has 3 N–H and O–H groups in total. The van der Waals surface area contributed by atoms with Gasteiger partial charge in [-0.15, -0.1) is 0 Å². The molecule has 1 aliphatic heterocycles. The molecule has 0 fully saturated rings. The van der Waals surface area contributed by atoms with Crippen molar-refractivity contribution in [3.05, 3.63) is 29.8 Å². The highest BCUT2D eigenvalue weighted by Crippen LogP contribution is 2.31. The number of hydrogen-bond acceptors (Lipinski definition) is 8. The highest BCUT2D eigenvalue weighted by Gasteiger charge is 2.55. The number of nitrogens with two attached hydrogens (primary N) is 1. The maximum Gasteiger partial charge on any atom is 0.435 e. The molecule has 3 amide bonds. The van der Waals surface area contributed by atoms with E-state index in [0.717, 1.165) is 11.3 Å². The van der Waals surface area contributed by atoms with Gasteiger partial charge in [0.2, 0.25) is 5.91 Å². The Morgan fingerprint density at radius 1 is 1.27 bits per heavy atom. The number of primary amides is 1. The lowest BCUT2D eigenvalue weighted by Gasteiger charge is -2.33. The van der Waals surface area contributed by atoms with E-state index < -0.39 is 45.4 Å². The molecule has 1 unspecified atom stereocenters. The van der Waals surface area contributed by atoms with Gasteiger partial charge in [-0.2, -0.15) is 10.2 Å². The maximum absolute atomic E-state index is 13.0. The third kappa shape index (κ3) is 4.60. The predicted octanol–water partition coefficient (Wildman–Crippen LogP) is 0.507. The molecule has 2 rings (SSSR count). The normalized spacial score (nSPS) is 19.5. The van der Waals surface area contributed by atoms with Crippen LogP contribution in [0.3, 0.4) is 0 Å².